The molecule has 3 aromatic heterocycles. The molecule has 0 atom stereocenters. The lowest BCUT2D eigenvalue weighted by molar-refractivity contribution is -0.117. The van der Waals surface area contributed by atoms with Gasteiger partial charge >= 0.3 is 5.92 Å². The summed E-state index contributed by atoms with van der Waals surface area (Å²) in [6, 6.07) is 3.10. The van der Waals surface area contributed by atoms with Crippen molar-refractivity contribution in [3.8, 4) is 5.82 Å². The van der Waals surface area contributed by atoms with E-state index in [-0.39, 0.29) is 17.4 Å². The van der Waals surface area contributed by atoms with Crippen molar-refractivity contribution in [1.29, 1.82) is 0 Å². The van der Waals surface area contributed by atoms with E-state index in [2.05, 4.69) is 15.0 Å². The first-order valence-corrected chi connectivity index (χ1v) is 8.27. The number of aryl methyl sites for hydroxylation is 1. The highest BCUT2D eigenvalue weighted by Crippen LogP contribution is 2.29. The molecule has 0 fully saturated rings. The SMILES string of the molecule is CCc1cn(-c2cc(Cl)nc(C(C)(F)F)n2)c2cc(CC(N)=O)ncc12. The molecule has 0 bridgehead atoms. The molecular formula is C17H16ClF2N5O. The van der Waals surface area contributed by atoms with Gasteiger partial charge < -0.3 is 10.3 Å². The maximum absolute atomic E-state index is 13.7. The Kier molecular flexibility index (Phi) is 4.62. The predicted molar refractivity (Wildman–Crippen MR) is 93.5 cm³/mol. The van der Waals surface area contributed by atoms with Crippen molar-refractivity contribution in [3.05, 3.63) is 46.8 Å². The van der Waals surface area contributed by atoms with Gasteiger partial charge in [-0.2, -0.15) is 8.78 Å². The molecule has 0 saturated heterocycles. The molecule has 0 radical (unpaired) electrons. The zero-order valence-corrected chi connectivity index (χ0v) is 14.9. The van der Waals surface area contributed by atoms with Crippen LogP contribution in [0.2, 0.25) is 5.15 Å². The number of alkyl halides is 2. The minimum atomic E-state index is -3.23. The van der Waals surface area contributed by atoms with Gasteiger partial charge in [0.05, 0.1) is 17.6 Å². The van der Waals surface area contributed by atoms with Crippen LogP contribution in [0.5, 0.6) is 0 Å². The second-order valence-electron chi connectivity index (χ2n) is 5.97. The summed E-state index contributed by atoms with van der Waals surface area (Å²) in [6.07, 6.45) is 4.11. The summed E-state index contributed by atoms with van der Waals surface area (Å²) in [6.45, 7) is 2.68. The van der Waals surface area contributed by atoms with Crippen molar-refractivity contribution in [1.82, 2.24) is 19.5 Å². The van der Waals surface area contributed by atoms with Crippen LogP contribution >= 0.6 is 11.6 Å². The fourth-order valence-electron chi connectivity index (χ4n) is 2.70. The van der Waals surface area contributed by atoms with Gasteiger partial charge in [0, 0.05) is 30.8 Å². The predicted octanol–water partition coefficient (Wildman–Crippen LogP) is 3.17. The van der Waals surface area contributed by atoms with Crippen molar-refractivity contribution in [2.75, 3.05) is 0 Å². The van der Waals surface area contributed by atoms with Gasteiger partial charge in [0.25, 0.3) is 0 Å². The second kappa shape index (κ2) is 6.60. The third-order valence-electron chi connectivity index (χ3n) is 3.89. The molecule has 136 valence electrons. The van der Waals surface area contributed by atoms with Gasteiger partial charge in [-0.15, -0.1) is 0 Å². The summed E-state index contributed by atoms with van der Waals surface area (Å²) < 4.78 is 29.0. The van der Waals surface area contributed by atoms with Crippen molar-refractivity contribution in [2.45, 2.75) is 32.6 Å². The van der Waals surface area contributed by atoms with Gasteiger partial charge in [0.15, 0.2) is 0 Å². The van der Waals surface area contributed by atoms with Crippen molar-refractivity contribution < 1.29 is 13.6 Å². The minimum Gasteiger partial charge on any atom is -0.369 e. The standard InChI is InChI=1S/C17H16ClF2N5O/c1-3-9-8-25(12-4-10(5-14(21)26)22-7-11(9)12)15-6-13(18)23-16(24-15)17(2,19)20/h4,6-8H,3,5H2,1-2H3,(H2,21,26). The number of fused-ring (bicyclic) bond motifs is 1. The molecule has 0 saturated carbocycles. The van der Waals surface area contributed by atoms with Crippen LogP contribution in [0.15, 0.2) is 24.5 Å². The summed E-state index contributed by atoms with van der Waals surface area (Å²) in [5, 5.41) is 0.748. The van der Waals surface area contributed by atoms with Gasteiger partial charge in [-0.05, 0) is 18.1 Å². The Morgan fingerprint density at radius 1 is 1.35 bits per heavy atom. The molecule has 6 nitrogen and oxygen atoms in total. The maximum atomic E-state index is 13.7. The third-order valence-corrected chi connectivity index (χ3v) is 4.08. The normalized spacial score (nSPS) is 11.9. The number of carbonyl (C=O) groups excluding carboxylic acids is 1. The fourth-order valence-corrected chi connectivity index (χ4v) is 2.88. The first kappa shape index (κ1) is 18.2. The molecule has 3 heterocycles. The Morgan fingerprint density at radius 2 is 2.08 bits per heavy atom. The molecule has 0 spiro atoms. The molecule has 2 N–H and O–H groups in total. The molecule has 9 heteroatoms. The van der Waals surface area contributed by atoms with Crippen molar-refractivity contribution in [2.24, 2.45) is 5.73 Å². The average molecular weight is 380 g/mol. The van der Waals surface area contributed by atoms with E-state index in [9.17, 15) is 13.6 Å². The third kappa shape index (κ3) is 3.50. The van der Waals surface area contributed by atoms with Crippen molar-refractivity contribution >= 4 is 28.4 Å². The Hall–Kier alpha value is -2.61. The zero-order valence-electron chi connectivity index (χ0n) is 14.1. The topological polar surface area (TPSA) is 86.7 Å². The molecular weight excluding hydrogens is 364 g/mol. The number of nitrogens with two attached hydrogens (primary N) is 1. The number of carbonyl (C=O) groups is 1. The molecule has 0 aliphatic carbocycles. The number of aromatic nitrogens is 4. The van der Waals surface area contributed by atoms with E-state index in [4.69, 9.17) is 17.3 Å². The zero-order chi connectivity index (χ0) is 19.1. The van der Waals surface area contributed by atoms with E-state index < -0.39 is 17.7 Å². The number of amides is 1. The minimum absolute atomic E-state index is 0.0224. The Bertz CT molecular complexity index is 997. The van der Waals surface area contributed by atoms with E-state index in [1.54, 1.807) is 23.0 Å². The quantitative estimate of drug-likeness (QED) is 0.690. The summed E-state index contributed by atoms with van der Waals surface area (Å²) >= 11 is 5.93. The summed E-state index contributed by atoms with van der Waals surface area (Å²) in [5.74, 6) is -4.19. The van der Waals surface area contributed by atoms with E-state index in [0.29, 0.717) is 24.6 Å². The summed E-state index contributed by atoms with van der Waals surface area (Å²) in [7, 11) is 0. The Morgan fingerprint density at radius 3 is 2.69 bits per heavy atom. The van der Waals surface area contributed by atoms with Gasteiger partial charge in [-0.3, -0.25) is 9.78 Å². The van der Waals surface area contributed by atoms with E-state index in [0.717, 1.165) is 10.9 Å². The molecule has 3 rings (SSSR count). The lowest BCUT2D eigenvalue weighted by Gasteiger charge is -2.12. The molecule has 0 aromatic carbocycles. The summed E-state index contributed by atoms with van der Waals surface area (Å²) in [4.78, 5) is 23.0. The van der Waals surface area contributed by atoms with Gasteiger partial charge in [0.1, 0.15) is 11.0 Å². The Labute approximate surface area is 153 Å². The molecule has 0 aliphatic heterocycles. The van der Waals surface area contributed by atoms with Gasteiger partial charge in [-0.25, -0.2) is 9.97 Å². The highest BCUT2D eigenvalue weighted by molar-refractivity contribution is 6.29. The van der Waals surface area contributed by atoms with Crippen LogP contribution in [0.1, 0.15) is 30.9 Å². The first-order valence-electron chi connectivity index (χ1n) is 7.89. The number of rotatable bonds is 5. The number of hydrogen-bond donors (Lipinski definition) is 1. The van der Waals surface area contributed by atoms with Crippen LogP contribution < -0.4 is 5.73 Å². The lowest BCUT2D eigenvalue weighted by Crippen LogP contribution is -2.15. The van der Waals surface area contributed by atoms with Crippen LogP contribution in [0.3, 0.4) is 0 Å². The maximum Gasteiger partial charge on any atom is 0.303 e. The highest BCUT2D eigenvalue weighted by atomic mass is 35.5. The molecule has 1 amide bonds. The van der Waals surface area contributed by atoms with Gasteiger partial charge in [0.2, 0.25) is 11.7 Å². The highest BCUT2D eigenvalue weighted by Gasteiger charge is 2.29. The van der Waals surface area contributed by atoms with Crippen LogP contribution in [-0.2, 0) is 23.6 Å². The molecule has 3 aromatic rings. The van der Waals surface area contributed by atoms with Crippen LogP contribution in [0, 0.1) is 0 Å². The van der Waals surface area contributed by atoms with Gasteiger partial charge in [-0.1, -0.05) is 18.5 Å². The average Bonchev–Trinajstić information content (AvgIpc) is 2.91. The number of halogens is 3. The molecule has 0 aliphatic rings. The first-order chi connectivity index (χ1) is 12.2. The molecule has 0 unspecified atom stereocenters. The Balaban J connectivity index is 2.24. The second-order valence-corrected chi connectivity index (χ2v) is 6.36. The van der Waals surface area contributed by atoms with E-state index in [1.165, 1.54) is 6.07 Å². The van der Waals surface area contributed by atoms with Crippen LogP contribution in [0.25, 0.3) is 16.7 Å². The largest absolute Gasteiger partial charge is 0.369 e. The number of hydrogen-bond acceptors (Lipinski definition) is 4. The number of pyridine rings is 1. The fraction of sp³-hybridized carbons (Fsp3) is 0.294. The summed E-state index contributed by atoms with van der Waals surface area (Å²) in [5.41, 5.74) is 7.34. The number of nitrogens with zero attached hydrogens (tertiary/aromatic N) is 4. The van der Waals surface area contributed by atoms with E-state index in [1.807, 2.05) is 6.92 Å². The van der Waals surface area contributed by atoms with Crippen LogP contribution in [0.4, 0.5) is 8.78 Å². The lowest BCUT2D eigenvalue weighted by atomic mass is 10.1. The van der Waals surface area contributed by atoms with E-state index >= 15 is 0 Å². The van der Waals surface area contributed by atoms with Crippen molar-refractivity contribution in [3.63, 3.8) is 0 Å². The van der Waals surface area contributed by atoms with Crippen LogP contribution in [-0.4, -0.2) is 25.4 Å². The number of primary amides is 1. The molecule has 26 heavy (non-hydrogen) atoms. The monoisotopic (exact) mass is 379 g/mol. The smallest absolute Gasteiger partial charge is 0.303 e.